The number of hydrogen-bond acceptors (Lipinski definition) is 3. The topological polar surface area (TPSA) is 42.4 Å². The van der Waals surface area contributed by atoms with Crippen molar-refractivity contribution in [3.8, 4) is 0 Å². The number of fused-ring (bicyclic) bond motifs is 2. The van der Waals surface area contributed by atoms with E-state index in [1.807, 2.05) is 12.1 Å². The number of rotatable bonds is 5. The first-order valence-electron chi connectivity index (χ1n) is 7.33. The van der Waals surface area contributed by atoms with E-state index in [1.54, 1.807) is 0 Å². The van der Waals surface area contributed by atoms with Gasteiger partial charge in [0.1, 0.15) is 5.76 Å². The molecule has 4 unspecified atom stereocenters. The fourth-order valence-corrected chi connectivity index (χ4v) is 4.44. The average Bonchev–Trinajstić information content (AvgIpc) is 3.07. The molecule has 2 N–H and O–H groups in total. The summed E-state index contributed by atoms with van der Waals surface area (Å²) in [4.78, 5) is 2.39. The smallest absolute Gasteiger partial charge is 0.169 e. The first-order chi connectivity index (χ1) is 9.17. The molecule has 0 aliphatic heterocycles. The summed E-state index contributed by atoms with van der Waals surface area (Å²) in [6.45, 7) is 1.76. The Morgan fingerprint density at radius 3 is 2.79 bits per heavy atom. The average molecular weight is 327 g/mol. The molecular formula is C15H23BrN2O. The highest BCUT2D eigenvalue weighted by molar-refractivity contribution is 9.10. The maximum Gasteiger partial charge on any atom is 0.169 e. The first kappa shape index (κ1) is 13.7. The van der Waals surface area contributed by atoms with Crippen LogP contribution in [0.4, 0.5) is 0 Å². The van der Waals surface area contributed by atoms with Gasteiger partial charge in [-0.3, -0.25) is 4.90 Å². The van der Waals surface area contributed by atoms with Gasteiger partial charge < -0.3 is 10.2 Å². The number of nitrogens with zero attached hydrogens (tertiary/aromatic N) is 1. The van der Waals surface area contributed by atoms with Gasteiger partial charge in [-0.25, -0.2) is 0 Å². The molecule has 3 rings (SSSR count). The van der Waals surface area contributed by atoms with Gasteiger partial charge in [-0.1, -0.05) is 6.42 Å². The third-order valence-corrected chi connectivity index (χ3v) is 5.51. The van der Waals surface area contributed by atoms with Gasteiger partial charge >= 0.3 is 0 Å². The van der Waals surface area contributed by atoms with E-state index in [-0.39, 0.29) is 6.04 Å². The minimum Gasteiger partial charge on any atom is -0.453 e. The zero-order chi connectivity index (χ0) is 13.4. The van der Waals surface area contributed by atoms with Gasteiger partial charge in [0.25, 0.3) is 0 Å². The summed E-state index contributed by atoms with van der Waals surface area (Å²) < 4.78 is 6.47. The summed E-state index contributed by atoms with van der Waals surface area (Å²) in [5, 5.41) is 0. The number of likely N-dealkylation sites (N-methyl/N-ethyl adjacent to an activating group) is 1. The van der Waals surface area contributed by atoms with Crippen LogP contribution in [-0.2, 0) is 0 Å². The molecule has 0 spiro atoms. The molecule has 2 saturated carbocycles. The largest absolute Gasteiger partial charge is 0.453 e. The molecule has 0 saturated heterocycles. The van der Waals surface area contributed by atoms with Gasteiger partial charge in [0.2, 0.25) is 0 Å². The van der Waals surface area contributed by atoms with Gasteiger partial charge in [0, 0.05) is 13.1 Å². The second-order valence-corrected chi connectivity index (χ2v) is 7.05. The summed E-state index contributed by atoms with van der Waals surface area (Å²) in [5.74, 6) is 3.82. The predicted molar refractivity (Wildman–Crippen MR) is 79.8 cm³/mol. The van der Waals surface area contributed by atoms with Crippen LogP contribution in [0.5, 0.6) is 0 Å². The van der Waals surface area contributed by atoms with Crippen LogP contribution in [0.15, 0.2) is 21.2 Å². The molecule has 3 nitrogen and oxygen atoms in total. The fourth-order valence-electron chi connectivity index (χ4n) is 4.12. The van der Waals surface area contributed by atoms with E-state index in [0.29, 0.717) is 6.54 Å². The van der Waals surface area contributed by atoms with Crippen LogP contribution < -0.4 is 5.73 Å². The molecule has 19 heavy (non-hydrogen) atoms. The number of hydrogen-bond donors (Lipinski definition) is 1. The van der Waals surface area contributed by atoms with Crippen molar-refractivity contribution in [1.29, 1.82) is 0 Å². The Bertz CT molecular complexity index is 434. The lowest BCUT2D eigenvalue weighted by molar-refractivity contribution is 0.160. The molecule has 2 aliphatic rings. The van der Waals surface area contributed by atoms with Crippen molar-refractivity contribution in [3.05, 3.63) is 22.6 Å². The van der Waals surface area contributed by atoms with Crippen LogP contribution in [0, 0.1) is 17.8 Å². The molecule has 4 heteroatoms. The quantitative estimate of drug-likeness (QED) is 0.901. The minimum absolute atomic E-state index is 0.199. The van der Waals surface area contributed by atoms with E-state index in [0.717, 1.165) is 34.7 Å². The van der Waals surface area contributed by atoms with Gasteiger partial charge in [-0.05, 0) is 72.1 Å². The molecule has 0 radical (unpaired) electrons. The van der Waals surface area contributed by atoms with Gasteiger partial charge in [0.05, 0.1) is 6.04 Å². The summed E-state index contributed by atoms with van der Waals surface area (Å²) >= 11 is 3.37. The molecule has 0 aromatic carbocycles. The monoisotopic (exact) mass is 326 g/mol. The van der Waals surface area contributed by atoms with Crippen molar-refractivity contribution >= 4 is 15.9 Å². The summed E-state index contributed by atoms with van der Waals surface area (Å²) in [7, 11) is 2.18. The zero-order valence-electron chi connectivity index (χ0n) is 11.5. The van der Waals surface area contributed by atoms with E-state index in [1.165, 1.54) is 25.7 Å². The standard InChI is InChI=1S/C15H23BrN2O/c1-18(9-12-7-10-2-3-11(12)6-10)13(8-17)14-4-5-15(16)19-14/h4-5,10-13H,2-3,6-9,17H2,1H3. The summed E-state index contributed by atoms with van der Waals surface area (Å²) in [6.07, 6.45) is 5.81. The SMILES string of the molecule is CN(CC1CC2CCC1C2)C(CN)c1ccc(Br)o1. The van der Waals surface area contributed by atoms with Crippen molar-refractivity contribution in [2.45, 2.75) is 31.7 Å². The Morgan fingerprint density at radius 1 is 1.42 bits per heavy atom. The highest BCUT2D eigenvalue weighted by Gasteiger charge is 2.40. The van der Waals surface area contributed by atoms with Crippen molar-refractivity contribution in [2.24, 2.45) is 23.5 Å². The molecule has 2 fully saturated rings. The lowest BCUT2D eigenvalue weighted by atomic mass is 9.88. The van der Waals surface area contributed by atoms with Crippen LogP contribution in [0.25, 0.3) is 0 Å². The van der Waals surface area contributed by atoms with Crippen LogP contribution in [0.1, 0.15) is 37.5 Å². The Kier molecular flexibility index (Phi) is 4.01. The van der Waals surface area contributed by atoms with Crippen LogP contribution >= 0.6 is 15.9 Å². The van der Waals surface area contributed by atoms with E-state index in [2.05, 4.69) is 27.9 Å². The maximum absolute atomic E-state index is 5.95. The Labute approximate surface area is 123 Å². The molecule has 2 bridgehead atoms. The van der Waals surface area contributed by atoms with Crippen molar-refractivity contribution in [3.63, 3.8) is 0 Å². The predicted octanol–water partition coefficient (Wildman–Crippen LogP) is 3.41. The Morgan fingerprint density at radius 2 is 2.26 bits per heavy atom. The maximum atomic E-state index is 5.95. The van der Waals surface area contributed by atoms with Gasteiger partial charge in [0.15, 0.2) is 4.67 Å². The molecule has 1 heterocycles. The number of nitrogens with two attached hydrogens (primary N) is 1. The van der Waals surface area contributed by atoms with Crippen molar-refractivity contribution < 1.29 is 4.42 Å². The normalized spacial score (nSPS) is 31.3. The van der Waals surface area contributed by atoms with E-state index < -0.39 is 0 Å². The van der Waals surface area contributed by atoms with Crippen molar-refractivity contribution in [2.75, 3.05) is 20.1 Å². The number of halogens is 1. The zero-order valence-corrected chi connectivity index (χ0v) is 13.1. The summed E-state index contributed by atoms with van der Waals surface area (Å²) in [5.41, 5.74) is 5.95. The first-order valence-corrected chi connectivity index (χ1v) is 8.12. The lowest BCUT2D eigenvalue weighted by Gasteiger charge is -2.31. The lowest BCUT2D eigenvalue weighted by Crippen LogP contribution is -2.35. The van der Waals surface area contributed by atoms with Gasteiger partial charge in [-0.15, -0.1) is 0 Å². The molecule has 1 aromatic rings. The molecular weight excluding hydrogens is 304 g/mol. The molecule has 1 aromatic heterocycles. The summed E-state index contributed by atoms with van der Waals surface area (Å²) in [6, 6.07) is 4.17. The van der Waals surface area contributed by atoms with Crippen molar-refractivity contribution in [1.82, 2.24) is 4.90 Å². The highest BCUT2D eigenvalue weighted by Crippen LogP contribution is 2.48. The second kappa shape index (κ2) is 5.58. The van der Waals surface area contributed by atoms with E-state index in [9.17, 15) is 0 Å². The van der Waals surface area contributed by atoms with Crippen LogP contribution in [0.2, 0.25) is 0 Å². The number of furan rings is 1. The highest BCUT2D eigenvalue weighted by atomic mass is 79.9. The fraction of sp³-hybridized carbons (Fsp3) is 0.733. The van der Waals surface area contributed by atoms with Crippen LogP contribution in [-0.4, -0.2) is 25.0 Å². The Balaban J connectivity index is 1.63. The molecule has 106 valence electrons. The van der Waals surface area contributed by atoms with E-state index in [4.69, 9.17) is 10.2 Å². The second-order valence-electron chi connectivity index (χ2n) is 6.27. The molecule has 2 aliphatic carbocycles. The molecule has 0 amide bonds. The van der Waals surface area contributed by atoms with E-state index >= 15 is 0 Å². The third-order valence-electron chi connectivity index (χ3n) is 5.08. The third kappa shape index (κ3) is 2.76. The Hall–Kier alpha value is -0.320. The van der Waals surface area contributed by atoms with Gasteiger partial charge in [-0.2, -0.15) is 0 Å². The molecule has 4 atom stereocenters. The minimum atomic E-state index is 0.199. The van der Waals surface area contributed by atoms with Crippen LogP contribution in [0.3, 0.4) is 0 Å².